The summed E-state index contributed by atoms with van der Waals surface area (Å²) in [5.41, 5.74) is 1.33. The van der Waals surface area contributed by atoms with Crippen molar-refractivity contribution in [1.29, 1.82) is 0 Å². The average Bonchev–Trinajstić information content (AvgIpc) is 2.30. The van der Waals surface area contributed by atoms with Gasteiger partial charge in [-0.05, 0) is 50.9 Å². The van der Waals surface area contributed by atoms with E-state index < -0.39 is 0 Å². The molecule has 1 rings (SSSR count). The Kier molecular flexibility index (Phi) is 5.45. The van der Waals surface area contributed by atoms with Crippen molar-refractivity contribution in [3.05, 3.63) is 29.8 Å². The number of hydrogen-bond donors (Lipinski definition) is 2. The minimum absolute atomic E-state index is 0.0454. The molecule has 3 nitrogen and oxygen atoms in total. The second-order valence-electron chi connectivity index (χ2n) is 4.91. The third-order valence-corrected chi connectivity index (χ3v) is 2.74. The summed E-state index contributed by atoms with van der Waals surface area (Å²) >= 11 is 0. The molecule has 0 spiro atoms. The molecule has 96 valence electrons. The largest absolute Gasteiger partial charge is 0.497 e. The SMILES string of the molecule is COc1ccc(CC(C)(C)NCCCO)cc1. The first-order valence-electron chi connectivity index (χ1n) is 6.06. The van der Waals surface area contributed by atoms with Gasteiger partial charge in [0.2, 0.25) is 0 Å². The highest BCUT2D eigenvalue weighted by Gasteiger charge is 2.16. The first-order chi connectivity index (χ1) is 8.07. The maximum Gasteiger partial charge on any atom is 0.118 e. The highest BCUT2D eigenvalue weighted by molar-refractivity contribution is 5.28. The van der Waals surface area contributed by atoms with Gasteiger partial charge in [0, 0.05) is 12.1 Å². The highest BCUT2D eigenvalue weighted by atomic mass is 16.5. The molecule has 0 aliphatic rings. The predicted octanol–water partition coefficient (Wildman–Crippen LogP) is 1.99. The van der Waals surface area contributed by atoms with Gasteiger partial charge in [0.25, 0.3) is 0 Å². The van der Waals surface area contributed by atoms with Gasteiger partial charge in [-0.2, -0.15) is 0 Å². The van der Waals surface area contributed by atoms with Gasteiger partial charge >= 0.3 is 0 Å². The molecular weight excluding hydrogens is 214 g/mol. The first-order valence-corrected chi connectivity index (χ1v) is 6.06. The van der Waals surface area contributed by atoms with Crippen LogP contribution in [0.1, 0.15) is 25.8 Å². The zero-order valence-corrected chi connectivity index (χ0v) is 11.0. The van der Waals surface area contributed by atoms with Crippen molar-refractivity contribution >= 4 is 0 Å². The van der Waals surface area contributed by atoms with Crippen LogP contribution in [0, 0.1) is 0 Å². The number of aliphatic hydroxyl groups is 1. The third kappa shape index (κ3) is 5.20. The standard InChI is InChI=1S/C14H23NO2/c1-14(2,15-9-4-10-16)11-12-5-7-13(17-3)8-6-12/h5-8,15-16H,4,9-11H2,1-3H3. The van der Waals surface area contributed by atoms with Crippen LogP contribution in [0.4, 0.5) is 0 Å². The molecule has 0 amide bonds. The smallest absolute Gasteiger partial charge is 0.118 e. The Labute approximate surface area is 104 Å². The second-order valence-corrected chi connectivity index (χ2v) is 4.91. The molecule has 0 radical (unpaired) electrons. The van der Waals surface area contributed by atoms with Gasteiger partial charge in [-0.25, -0.2) is 0 Å². The molecule has 0 fully saturated rings. The Bertz CT molecular complexity index is 319. The van der Waals surface area contributed by atoms with Crippen molar-refractivity contribution in [1.82, 2.24) is 5.32 Å². The summed E-state index contributed by atoms with van der Waals surface area (Å²) in [4.78, 5) is 0. The van der Waals surface area contributed by atoms with Gasteiger partial charge in [0.1, 0.15) is 5.75 Å². The molecule has 0 aliphatic heterocycles. The molecule has 0 bridgehead atoms. The summed E-state index contributed by atoms with van der Waals surface area (Å²) in [6, 6.07) is 8.15. The molecule has 2 N–H and O–H groups in total. The van der Waals surface area contributed by atoms with Crippen molar-refractivity contribution in [2.75, 3.05) is 20.3 Å². The Balaban J connectivity index is 2.50. The first kappa shape index (κ1) is 14.0. The number of aliphatic hydroxyl groups excluding tert-OH is 1. The molecule has 17 heavy (non-hydrogen) atoms. The van der Waals surface area contributed by atoms with Crippen molar-refractivity contribution in [2.45, 2.75) is 32.2 Å². The van der Waals surface area contributed by atoms with E-state index in [1.165, 1.54) is 5.56 Å². The lowest BCUT2D eigenvalue weighted by molar-refractivity contribution is 0.274. The normalized spacial score (nSPS) is 11.5. The van der Waals surface area contributed by atoms with E-state index in [9.17, 15) is 0 Å². The van der Waals surface area contributed by atoms with E-state index in [2.05, 4.69) is 31.3 Å². The summed E-state index contributed by atoms with van der Waals surface area (Å²) in [5, 5.41) is 12.2. The van der Waals surface area contributed by atoms with E-state index in [-0.39, 0.29) is 12.1 Å². The number of nitrogens with one attached hydrogen (secondary N) is 1. The molecule has 0 heterocycles. The Morgan fingerprint density at radius 2 is 1.88 bits per heavy atom. The monoisotopic (exact) mass is 237 g/mol. The van der Waals surface area contributed by atoms with E-state index >= 15 is 0 Å². The van der Waals surface area contributed by atoms with Gasteiger partial charge in [-0.3, -0.25) is 0 Å². The molecule has 3 heteroatoms. The zero-order valence-electron chi connectivity index (χ0n) is 11.0. The minimum atomic E-state index is 0.0454. The molecule has 0 saturated carbocycles. The summed E-state index contributed by atoms with van der Waals surface area (Å²) in [5.74, 6) is 0.889. The fourth-order valence-corrected chi connectivity index (χ4v) is 1.82. The second kappa shape index (κ2) is 6.62. The Hall–Kier alpha value is -1.06. The van der Waals surface area contributed by atoms with Crippen LogP contribution in [-0.2, 0) is 6.42 Å². The van der Waals surface area contributed by atoms with E-state index in [0.717, 1.165) is 25.1 Å². The van der Waals surface area contributed by atoms with Crippen molar-refractivity contribution < 1.29 is 9.84 Å². The maximum atomic E-state index is 8.76. The van der Waals surface area contributed by atoms with Crippen LogP contribution in [0.5, 0.6) is 5.75 Å². The van der Waals surface area contributed by atoms with Crippen LogP contribution in [0.15, 0.2) is 24.3 Å². The zero-order chi connectivity index (χ0) is 12.7. The van der Waals surface area contributed by atoms with Crippen LogP contribution < -0.4 is 10.1 Å². The Morgan fingerprint density at radius 1 is 1.24 bits per heavy atom. The molecule has 0 unspecified atom stereocenters. The summed E-state index contributed by atoms with van der Waals surface area (Å²) < 4.78 is 5.14. The Morgan fingerprint density at radius 3 is 2.41 bits per heavy atom. The van der Waals surface area contributed by atoms with Gasteiger partial charge in [-0.1, -0.05) is 12.1 Å². The van der Waals surface area contributed by atoms with E-state index in [1.807, 2.05) is 12.1 Å². The summed E-state index contributed by atoms with van der Waals surface area (Å²) in [6.45, 7) is 5.44. The fourth-order valence-electron chi connectivity index (χ4n) is 1.82. The average molecular weight is 237 g/mol. The lowest BCUT2D eigenvalue weighted by atomic mass is 9.95. The van der Waals surface area contributed by atoms with Crippen molar-refractivity contribution in [2.24, 2.45) is 0 Å². The number of hydrogen-bond acceptors (Lipinski definition) is 3. The van der Waals surface area contributed by atoms with Crippen LogP contribution in [0.25, 0.3) is 0 Å². The van der Waals surface area contributed by atoms with Crippen LogP contribution in [0.2, 0.25) is 0 Å². The van der Waals surface area contributed by atoms with Gasteiger partial charge in [-0.15, -0.1) is 0 Å². The number of methoxy groups -OCH3 is 1. The highest BCUT2D eigenvalue weighted by Crippen LogP contribution is 2.16. The molecule has 0 atom stereocenters. The van der Waals surface area contributed by atoms with E-state index in [1.54, 1.807) is 7.11 Å². The quantitative estimate of drug-likeness (QED) is 0.713. The molecule has 1 aromatic carbocycles. The topological polar surface area (TPSA) is 41.5 Å². The fraction of sp³-hybridized carbons (Fsp3) is 0.571. The lowest BCUT2D eigenvalue weighted by Crippen LogP contribution is -2.42. The molecule has 1 aromatic rings. The summed E-state index contributed by atoms with van der Waals surface area (Å²) in [6.07, 6.45) is 1.76. The van der Waals surface area contributed by atoms with Crippen molar-refractivity contribution in [3.8, 4) is 5.75 Å². The van der Waals surface area contributed by atoms with Crippen LogP contribution in [0.3, 0.4) is 0 Å². The molecule has 0 aliphatic carbocycles. The van der Waals surface area contributed by atoms with Crippen molar-refractivity contribution in [3.63, 3.8) is 0 Å². The molecular formula is C14H23NO2. The molecule has 0 saturated heterocycles. The summed E-state index contributed by atoms with van der Waals surface area (Å²) in [7, 11) is 1.68. The molecule has 0 aromatic heterocycles. The third-order valence-electron chi connectivity index (χ3n) is 2.74. The van der Waals surface area contributed by atoms with Gasteiger partial charge in [0.05, 0.1) is 7.11 Å². The van der Waals surface area contributed by atoms with Crippen LogP contribution in [-0.4, -0.2) is 30.9 Å². The predicted molar refractivity (Wildman–Crippen MR) is 70.5 cm³/mol. The van der Waals surface area contributed by atoms with E-state index in [4.69, 9.17) is 9.84 Å². The van der Waals surface area contributed by atoms with Gasteiger partial charge in [0.15, 0.2) is 0 Å². The van der Waals surface area contributed by atoms with Gasteiger partial charge < -0.3 is 15.2 Å². The minimum Gasteiger partial charge on any atom is -0.497 e. The maximum absolute atomic E-state index is 8.76. The van der Waals surface area contributed by atoms with E-state index in [0.29, 0.717) is 0 Å². The number of benzene rings is 1. The lowest BCUT2D eigenvalue weighted by Gasteiger charge is -2.26. The number of rotatable bonds is 7. The number of ether oxygens (including phenoxy) is 1. The van der Waals surface area contributed by atoms with Crippen LogP contribution >= 0.6 is 0 Å².